The smallest absolute Gasteiger partial charge is 0.332 e. The molecule has 0 amide bonds. The van der Waals surface area contributed by atoms with E-state index in [1.807, 2.05) is 36.4 Å². The summed E-state index contributed by atoms with van der Waals surface area (Å²) in [5.41, 5.74) is 1.46. The molecule has 24 heavy (non-hydrogen) atoms. The second kappa shape index (κ2) is 5.33. The van der Waals surface area contributed by atoms with Gasteiger partial charge >= 0.3 is 11.9 Å². The highest BCUT2D eigenvalue weighted by atomic mass is 16.4. The van der Waals surface area contributed by atoms with E-state index in [0.717, 1.165) is 17.6 Å². The summed E-state index contributed by atoms with van der Waals surface area (Å²) in [4.78, 5) is 23.6. The van der Waals surface area contributed by atoms with Crippen LogP contribution in [0.2, 0.25) is 0 Å². The summed E-state index contributed by atoms with van der Waals surface area (Å²) < 4.78 is 0. The van der Waals surface area contributed by atoms with Crippen LogP contribution in [-0.4, -0.2) is 22.2 Å². The van der Waals surface area contributed by atoms with Crippen LogP contribution >= 0.6 is 0 Å². The van der Waals surface area contributed by atoms with Crippen LogP contribution in [0.5, 0.6) is 0 Å². The van der Waals surface area contributed by atoms with Crippen molar-refractivity contribution in [2.75, 3.05) is 0 Å². The van der Waals surface area contributed by atoms with Crippen LogP contribution in [-0.2, 0) is 15.0 Å². The van der Waals surface area contributed by atoms with Crippen molar-refractivity contribution < 1.29 is 19.8 Å². The fourth-order valence-electron chi connectivity index (χ4n) is 4.81. The summed E-state index contributed by atoms with van der Waals surface area (Å²) in [6, 6.07) is 9.85. The van der Waals surface area contributed by atoms with Gasteiger partial charge in [-0.1, -0.05) is 68.8 Å². The van der Waals surface area contributed by atoms with Crippen molar-refractivity contribution in [2.45, 2.75) is 32.6 Å². The quantitative estimate of drug-likeness (QED) is 0.889. The van der Waals surface area contributed by atoms with E-state index in [9.17, 15) is 19.8 Å². The fraction of sp³-hybridized carbons (Fsp3) is 0.400. The largest absolute Gasteiger partial charge is 0.481 e. The number of carboxylic acid groups (broad SMARTS) is 2. The number of benzene rings is 1. The Morgan fingerprint density at radius 1 is 1.04 bits per heavy atom. The molecule has 3 unspecified atom stereocenters. The van der Waals surface area contributed by atoms with E-state index in [0.29, 0.717) is 0 Å². The lowest BCUT2D eigenvalue weighted by molar-refractivity contribution is -0.145. The molecule has 1 aromatic rings. The topological polar surface area (TPSA) is 74.6 Å². The summed E-state index contributed by atoms with van der Waals surface area (Å²) >= 11 is 0. The molecule has 1 aromatic carbocycles. The van der Waals surface area contributed by atoms with Gasteiger partial charge in [0.05, 0.1) is 11.5 Å². The molecule has 3 atom stereocenters. The molecule has 2 aliphatic carbocycles. The molecule has 1 saturated carbocycles. The lowest BCUT2D eigenvalue weighted by Crippen LogP contribution is -2.40. The molecule has 0 heterocycles. The minimum Gasteiger partial charge on any atom is -0.481 e. The average molecular weight is 326 g/mol. The summed E-state index contributed by atoms with van der Waals surface area (Å²) in [6.45, 7) is 6.29. The predicted molar refractivity (Wildman–Crippen MR) is 90.6 cm³/mol. The normalized spacial score (nSPS) is 31.0. The highest BCUT2D eigenvalue weighted by molar-refractivity contribution is 5.95. The van der Waals surface area contributed by atoms with Crippen molar-refractivity contribution in [2.24, 2.45) is 17.3 Å². The first kappa shape index (κ1) is 16.5. The van der Waals surface area contributed by atoms with Crippen LogP contribution < -0.4 is 0 Å². The highest BCUT2D eigenvalue weighted by Gasteiger charge is 2.58. The summed E-state index contributed by atoms with van der Waals surface area (Å²) in [7, 11) is 0. The molecule has 4 nitrogen and oxygen atoms in total. The molecule has 0 aliphatic heterocycles. The maximum absolute atomic E-state index is 12.0. The van der Waals surface area contributed by atoms with Gasteiger partial charge in [-0.25, -0.2) is 4.79 Å². The van der Waals surface area contributed by atoms with Crippen LogP contribution in [0.15, 0.2) is 53.6 Å². The Hall–Kier alpha value is -2.36. The van der Waals surface area contributed by atoms with E-state index in [-0.39, 0.29) is 16.9 Å². The maximum atomic E-state index is 12.0. The van der Waals surface area contributed by atoms with Crippen LogP contribution in [0.4, 0.5) is 0 Å². The number of carbonyl (C=O) groups is 2. The van der Waals surface area contributed by atoms with Gasteiger partial charge in [-0.15, -0.1) is 0 Å². The van der Waals surface area contributed by atoms with Crippen molar-refractivity contribution in [3.8, 4) is 0 Å². The van der Waals surface area contributed by atoms with Crippen LogP contribution in [0.3, 0.4) is 0 Å². The second-order valence-electron chi connectivity index (χ2n) is 7.69. The van der Waals surface area contributed by atoms with Gasteiger partial charge in [-0.05, 0) is 17.4 Å². The van der Waals surface area contributed by atoms with Crippen LogP contribution in [0, 0.1) is 17.3 Å². The van der Waals surface area contributed by atoms with Gasteiger partial charge in [0.25, 0.3) is 0 Å². The van der Waals surface area contributed by atoms with Crippen molar-refractivity contribution in [3.63, 3.8) is 0 Å². The molecular weight excluding hydrogens is 304 g/mol. The Labute approximate surface area is 141 Å². The van der Waals surface area contributed by atoms with Gasteiger partial charge in [0.2, 0.25) is 0 Å². The predicted octanol–water partition coefficient (Wildman–Crippen LogP) is 3.64. The van der Waals surface area contributed by atoms with Gasteiger partial charge in [0, 0.05) is 11.3 Å². The first-order valence-electron chi connectivity index (χ1n) is 8.12. The maximum Gasteiger partial charge on any atom is 0.332 e. The standard InChI is InChI=1S/C20H22O4/c1-19(2)11-20(3,12-7-5-4-6-8-12)16-14(19)10-9-13(17(21)22)15(16)18(23)24/h4-10,15-16H,11H2,1-3H3,(H,21,22)(H,23,24). The average Bonchev–Trinajstić information content (AvgIpc) is 2.74. The monoisotopic (exact) mass is 326 g/mol. The Kier molecular flexibility index (Phi) is 3.67. The van der Waals surface area contributed by atoms with Gasteiger partial charge in [0.1, 0.15) is 0 Å². The SMILES string of the molecule is CC1(C)CC(C)(c2ccccc2)C2C1=CC=C(C(=O)O)C2C(=O)O. The van der Waals surface area contributed by atoms with Crippen molar-refractivity contribution in [1.82, 2.24) is 0 Å². The zero-order valence-electron chi connectivity index (χ0n) is 14.1. The lowest BCUT2D eigenvalue weighted by atomic mass is 9.64. The number of hydrogen-bond donors (Lipinski definition) is 2. The molecule has 2 N–H and O–H groups in total. The van der Waals surface area contributed by atoms with E-state index in [1.54, 1.807) is 0 Å². The highest BCUT2D eigenvalue weighted by Crippen LogP contribution is 2.61. The molecule has 0 bridgehead atoms. The third-order valence-corrected chi connectivity index (χ3v) is 5.67. The minimum atomic E-state index is -1.15. The van der Waals surface area contributed by atoms with E-state index in [4.69, 9.17) is 0 Å². The summed E-state index contributed by atoms with van der Waals surface area (Å²) in [6.07, 6.45) is 4.10. The third-order valence-electron chi connectivity index (χ3n) is 5.67. The zero-order chi connectivity index (χ0) is 17.7. The van der Waals surface area contributed by atoms with Gasteiger partial charge in [0.15, 0.2) is 0 Å². The van der Waals surface area contributed by atoms with Crippen molar-refractivity contribution in [3.05, 3.63) is 59.2 Å². The van der Waals surface area contributed by atoms with E-state index < -0.39 is 23.3 Å². The molecule has 4 heteroatoms. The van der Waals surface area contributed by atoms with E-state index in [1.165, 1.54) is 6.08 Å². The molecule has 0 spiro atoms. The first-order chi connectivity index (χ1) is 11.2. The van der Waals surface area contributed by atoms with Gasteiger partial charge in [-0.2, -0.15) is 0 Å². The Morgan fingerprint density at radius 3 is 2.21 bits per heavy atom. The number of hydrogen-bond acceptors (Lipinski definition) is 2. The zero-order valence-corrected chi connectivity index (χ0v) is 14.1. The van der Waals surface area contributed by atoms with Gasteiger partial charge < -0.3 is 10.2 Å². The van der Waals surface area contributed by atoms with Crippen molar-refractivity contribution >= 4 is 11.9 Å². The van der Waals surface area contributed by atoms with Gasteiger partial charge in [-0.3, -0.25) is 4.79 Å². The second-order valence-corrected chi connectivity index (χ2v) is 7.69. The molecule has 2 aliphatic rings. The van der Waals surface area contributed by atoms with Crippen molar-refractivity contribution in [1.29, 1.82) is 0 Å². The molecule has 3 rings (SSSR count). The Bertz CT molecular complexity index is 757. The summed E-state index contributed by atoms with van der Waals surface area (Å²) in [5.74, 6) is -3.62. The number of allylic oxidation sites excluding steroid dienone is 3. The molecule has 0 saturated heterocycles. The molecule has 1 fully saturated rings. The molecule has 0 aromatic heterocycles. The molecule has 0 radical (unpaired) electrons. The van der Waals surface area contributed by atoms with E-state index in [2.05, 4.69) is 20.8 Å². The Balaban J connectivity index is 2.23. The molecule has 126 valence electrons. The Morgan fingerprint density at radius 2 is 1.67 bits per heavy atom. The van der Waals surface area contributed by atoms with E-state index >= 15 is 0 Å². The lowest BCUT2D eigenvalue weighted by Gasteiger charge is -2.38. The number of aliphatic carboxylic acids is 2. The number of fused-ring (bicyclic) bond motifs is 1. The van der Waals surface area contributed by atoms with Crippen LogP contribution in [0.25, 0.3) is 0 Å². The minimum absolute atomic E-state index is 0.0314. The first-order valence-corrected chi connectivity index (χ1v) is 8.12. The fourth-order valence-corrected chi connectivity index (χ4v) is 4.81. The molecular formula is C20H22O4. The third kappa shape index (κ3) is 2.29. The summed E-state index contributed by atoms with van der Waals surface area (Å²) in [5, 5.41) is 19.3. The van der Waals surface area contributed by atoms with Crippen LogP contribution in [0.1, 0.15) is 32.8 Å². The number of carboxylic acids is 2. The number of rotatable bonds is 3.